The summed E-state index contributed by atoms with van der Waals surface area (Å²) in [6.07, 6.45) is 1.78. The molecule has 0 aliphatic rings. The Hall–Kier alpha value is -1.84. The minimum absolute atomic E-state index is 0.320. The molecule has 0 saturated carbocycles. The van der Waals surface area contributed by atoms with Gasteiger partial charge in [0, 0.05) is 0 Å². The Bertz CT molecular complexity index is 400. The van der Waals surface area contributed by atoms with E-state index < -0.39 is 11.9 Å². The van der Waals surface area contributed by atoms with Crippen molar-refractivity contribution in [3.05, 3.63) is 35.9 Å². The number of unbranched alkanes of at least 4 members (excludes halogenated alkanes) is 1. The number of rotatable bonds is 7. The lowest BCUT2D eigenvalue weighted by Crippen LogP contribution is -2.20. The van der Waals surface area contributed by atoms with Gasteiger partial charge in [0.2, 0.25) is 0 Å². The zero-order valence-electron chi connectivity index (χ0n) is 11.4. The van der Waals surface area contributed by atoms with E-state index in [0.717, 1.165) is 18.4 Å². The van der Waals surface area contributed by atoms with Gasteiger partial charge in [0.1, 0.15) is 0 Å². The van der Waals surface area contributed by atoms with Crippen molar-refractivity contribution in [2.24, 2.45) is 0 Å². The van der Waals surface area contributed by atoms with Gasteiger partial charge in [-0.1, -0.05) is 43.7 Å². The first kappa shape index (κ1) is 15.2. The van der Waals surface area contributed by atoms with Crippen molar-refractivity contribution in [1.82, 2.24) is 0 Å². The molecule has 0 fully saturated rings. The van der Waals surface area contributed by atoms with Crippen LogP contribution in [-0.4, -0.2) is 25.2 Å². The second-order valence-corrected chi connectivity index (χ2v) is 4.31. The smallest absolute Gasteiger partial charge is 0.344 e. The van der Waals surface area contributed by atoms with E-state index in [1.807, 2.05) is 37.3 Å². The van der Waals surface area contributed by atoms with Crippen molar-refractivity contribution in [2.45, 2.75) is 32.6 Å². The first-order valence-corrected chi connectivity index (χ1v) is 6.52. The molecule has 0 bridgehead atoms. The van der Waals surface area contributed by atoms with Gasteiger partial charge in [0.05, 0.1) is 12.5 Å². The van der Waals surface area contributed by atoms with Gasteiger partial charge in [-0.3, -0.25) is 4.79 Å². The molecule has 1 unspecified atom stereocenters. The third kappa shape index (κ3) is 5.55. The molecule has 0 radical (unpaired) electrons. The maximum Gasteiger partial charge on any atom is 0.344 e. The van der Waals surface area contributed by atoms with E-state index >= 15 is 0 Å². The maximum absolute atomic E-state index is 11.7. The molecule has 104 valence electrons. The van der Waals surface area contributed by atoms with Gasteiger partial charge in [-0.15, -0.1) is 0 Å². The number of hydrogen-bond acceptors (Lipinski definition) is 4. The maximum atomic E-state index is 11.7. The highest BCUT2D eigenvalue weighted by Crippen LogP contribution is 2.15. The Morgan fingerprint density at radius 3 is 2.47 bits per heavy atom. The summed E-state index contributed by atoms with van der Waals surface area (Å²) < 4.78 is 9.84. The summed E-state index contributed by atoms with van der Waals surface area (Å²) in [5.74, 6) is -1.30. The summed E-state index contributed by atoms with van der Waals surface area (Å²) in [4.78, 5) is 23.0. The van der Waals surface area contributed by atoms with Crippen molar-refractivity contribution in [3.8, 4) is 0 Å². The normalized spacial score (nSPS) is 11.7. The van der Waals surface area contributed by atoms with E-state index in [2.05, 4.69) is 0 Å². The molecule has 0 heterocycles. The van der Waals surface area contributed by atoms with Crippen LogP contribution in [0.1, 0.15) is 38.2 Å². The van der Waals surface area contributed by atoms with Gasteiger partial charge in [0.25, 0.3) is 0 Å². The highest BCUT2D eigenvalue weighted by Gasteiger charge is 2.17. The number of hydrogen-bond donors (Lipinski definition) is 0. The molecule has 0 amide bonds. The van der Waals surface area contributed by atoms with E-state index in [4.69, 9.17) is 9.47 Å². The third-order valence-electron chi connectivity index (χ3n) is 2.75. The highest BCUT2D eigenvalue weighted by molar-refractivity contribution is 5.80. The molecule has 4 nitrogen and oxygen atoms in total. The monoisotopic (exact) mass is 264 g/mol. The standard InChI is InChI=1S/C15H20O4/c1-3-4-10-18-14(16)11-19-15(17)12(2)13-8-6-5-7-9-13/h5-9,12H,3-4,10-11H2,1-2H3. The topological polar surface area (TPSA) is 52.6 Å². The average molecular weight is 264 g/mol. The Labute approximate surface area is 113 Å². The minimum atomic E-state index is -0.498. The lowest BCUT2D eigenvalue weighted by molar-refractivity contribution is -0.159. The van der Waals surface area contributed by atoms with Crippen LogP contribution in [0.25, 0.3) is 0 Å². The largest absolute Gasteiger partial charge is 0.463 e. The van der Waals surface area contributed by atoms with Gasteiger partial charge < -0.3 is 9.47 Å². The Morgan fingerprint density at radius 2 is 1.84 bits per heavy atom. The van der Waals surface area contributed by atoms with Crippen LogP contribution in [0, 0.1) is 0 Å². The molecule has 0 aromatic heterocycles. The summed E-state index contributed by atoms with van der Waals surface area (Å²) >= 11 is 0. The van der Waals surface area contributed by atoms with Crippen LogP contribution in [0.4, 0.5) is 0 Å². The molecule has 1 atom stereocenters. The molecule has 0 N–H and O–H groups in total. The molecule has 19 heavy (non-hydrogen) atoms. The predicted molar refractivity (Wildman–Crippen MR) is 71.7 cm³/mol. The van der Waals surface area contributed by atoms with Crippen molar-refractivity contribution in [3.63, 3.8) is 0 Å². The van der Waals surface area contributed by atoms with Crippen molar-refractivity contribution >= 4 is 11.9 Å². The molecule has 0 saturated heterocycles. The zero-order chi connectivity index (χ0) is 14.1. The van der Waals surface area contributed by atoms with Crippen LogP contribution in [0.15, 0.2) is 30.3 Å². The summed E-state index contributed by atoms with van der Waals surface area (Å²) in [6.45, 7) is 3.82. The third-order valence-corrected chi connectivity index (χ3v) is 2.75. The second kappa shape index (κ2) is 8.29. The SMILES string of the molecule is CCCCOC(=O)COC(=O)C(C)c1ccccc1. The fourth-order valence-electron chi connectivity index (χ4n) is 1.50. The van der Waals surface area contributed by atoms with Crippen LogP contribution < -0.4 is 0 Å². The van der Waals surface area contributed by atoms with Crippen molar-refractivity contribution < 1.29 is 19.1 Å². The highest BCUT2D eigenvalue weighted by atomic mass is 16.6. The summed E-state index contributed by atoms with van der Waals surface area (Å²) in [7, 11) is 0. The number of carbonyl (C=O) groups excluding carboxylic acids is 2. The molecular weight excluding hydrogens is 244 g/mol. The van der Waals surface area contributed by atoms with E-state index in [0.29, 0.717) is 6.61 Å². The number of benzene rings is 1. The van der Waals surface area contributed by atoms with Gasteiger partial charge in [0.15, 0.2) is 6.61 Å². The van der Waals surface area contributed by atoms with Gasteiger partial charge in [-0.05, 0) is 18.9 Å². The minimum Gasteiger partial charge on any atom is -0.463 e. The summed E-state index contributed by atoms with van der Waals surface area (Å²) in [5.41, 5.74) is 0.867. The van der Waals surface area contributed by atoms with Gasteiger partial charge in [-0.2, -0.15) is 0 Å². The molecule has 4 heteroatoms. The van der Waals surface area contributed by atoms with Crippen LogP contribution in [0.2, 0.25) is 0 Å². The molecule has 1 aromatic rings. The quantitative estimate of drug-likeness (QED) is 0.561. The Balaban J connectivity index is 2.33. The second-order valence-electron chi connectivity index (χ2n) is 4.31. The number of esters is 2. The molecule has 0 aliphatic carbocycles. The van der Waals surface area contributed by atoms with Gasteiger partial charge in [-0.25, -0.2) is 4.79 Å². The molecule has 1 rings (SSSR count). The number of carbonyl (C=O) groups is 2. The predicted octanol–water partition coefficient (Wildman–Crippen LogP) is 2.68. The van der Waals surface area contributed by atoms with E-state index in [1.165, 1.54) is 0 Å². The Morgan fingerprint density at radius 1 is 1.16 bits per heavy atom. The van der Waals surface area contributed by atoms with Crippen LogP contribution in [-0.2, 0) is 19.1 Å². The lowest BCUT2D eigenvalue weighted by atomic mass is 10.0. The number of ether oxygens (including phenoxy) is 2. The van der Waals surface area contributed by atoms with E-state index in [1.54, 1.807) is 6.92 Å². The molecule has 0 spiro atoms. The van der Waals surface area contributed by atoms with Crippen LogP contribution in [0.3, 0.4) is 0 Å². The zero-order valence-corrected chi connectivity index (χ0v) is 11.4. The first-order valence-electron chi connectivity index (χ1n) is 6.52. The lowest BCUT2D eigenvalue weighted by Gasteiger charge is -2.11. The van der Waals surface area contributed by atoms with E-state index in [-0.39, 0.29) is 12.5 Å². The van der Waals surface area contributed by atoms with Crippen LogP contribution in [0.5, 0.6) is 0 Å². The van der Waals surface area contributed by atoms with E-state index in [9.17, 15) is 9.59 Å². The van der Waals surface area contributed by atoms with Crippen molar-refractivity contribution in [2.75, 3.05) is 13.2 Å². The first-order chi connectivity index (χ1) is 9.15. The molecular formula is C15H20O4. The Kier molecular flexibility index (Phi) is 6.64. The fourth-order valence-corrected chi connectivity index (χ4v) is 1.50. The molecule has 0 aliphatic heterocycles. The summed E-state index contributed by atoms with van der Waals surface area (Å²) in [6, 6.07) is 9.31. The summed E-state index contributed by atoms with van der Waals surface area (Å²) in [5, 5.41) is 0. The molecule has 1 aromatic carbocycles. The van der Waals surface area contributed by atoms with Crippen molar-refractivity contribution in [1.29, 1.82) is 0 Å². The fraction of sp³-hybridized carbons (Fsp3) is 0.467. The van der Waals surface area contributed by atoms with Gasteiger partial charge >= 0.3 is 11.9 Å². The van der Waals surface area contributed by atoms with Crippen LogP contribution >= 0.6 is 0 Å². The average Bonchev–Trinajstić information content (AvgIpc) is 2.45.